The van der Waals surface area contributed by atoms with Crippen LogP contribution in [0, 0.1) is 0 Å². The van der Waals surface area contributed by atoms with Crippen LogP contribution in [-0.4, -0.2) is 0 Å². The third-order valence-electron chi connectivity index (χ3n) is 17.9. The van der Waals surface area contributed by atoms with E-state index in [0.717, 1.165) is 5.69 Å². The lowest BCUT2D eigenvalue weighted by atomic mass is 9.70. The Morgan fingerprint density at radius 1 is 0.254 bits per heavy atom. The smallest absolute Gasteiger partial charge is 0.0726 e. The zero-order chi connectivity index (χ0) is 47.8. The average molecular weight is 908 g/mol. The summed E-state index contributed by atoms with van der Waals surface area (Å²) in [6, 6.07) is 81.6. The van der Waals surface area contributed by atoms with Crippen LogP contribution in [0.25, 0.3) is 66.8 Å². The molecule has 0 unspecified atom stereocenters. The summed E-state index contributed by atoms with van der Waals surface area (Å²) < 4.78 is 0. The number of benzene rings is 10. The normalized spacial score (nSPS) is 16.2. The molecule has 15 rings (SSSR count). The maximum Gasteiger partial charge on any atom is 0.0726 e. The van der Waals surface area contributed by atoms with Gasteiger partial charge in [-0.25, -0.2) is 0 Å². The van der Waals surface area contributed by atoms with Crippen LogP contribution in [0.1, 0.15) is 97.2 Å². The first-order valence-electron chi connectivity index (χ1n) is 25.5. The van der Waals surface area contributed by atoms with Gasteiger partial charge in [-0.05, 0) is 142 Å². The standard InChI is InChI=1S/C70H53N/c1-67(2)54-27-15-10-22-46(54)50-35-33-44(39-60(50)67)71(45-34-36-51-49-25-13-19-31-59(49)70(61(51)40-45)57-29-17-11-23-47(57)48-24-12-18-30-58(48)70)66-64-52-26-14-16-28-55(52)68(3,4)62(64)41-63-65(66)53-38-43(42-20-8-7-9-21-42)32-37-56(53)69(63,5)6/h7-41H,1-6H3. The Labute approximate surface area is 417 Å². The molecule has 5 aliphatic rings. The molecule has 1 nitrogen and oxygen atoms in total. The summed E-state index contributed by atoms with van der Waals surface area (Å²) in [7, 11) is 0. The highest BCUT2D eigenvalue weighted by Crippen LogP contribution is 2.66. The summed E-state index contributed by atoms with van der Waals surface area (Å²) in [6.45, 7) is 14.6. The van der Waals surface area contributed by atoms with Crippen LogP contribution in [0.3, 0.4) is 0 Å². The molecule has 1 spiro atoms. The highest BCUT2D eigenvalue weighted by atomic mass is 15.2. The molecule has 0 aromatic heterocycles. The quantitative estimate of drug-likeness (QED) is 0.170. The van der Waals surface area contributed by atoms with Crippen LogP contribution in [-0.2, 0) is 21.7 Å². The molecule has 0 atom stereocenters. The molecular formula is C70H53N. The van der Waals surface area contributed by atoms with Crippen molar-refractivity contribution < 1.29 is 0 Å². The largest absolute Gasteiger partial charge is 0.309 e. The van der Waals surface area contributed by atoms with Crippen molar-refractivity contribution in [2.45, 2.75) is 63.2 Å². The topological polar surface area (TPSA) is 3.24 Å². The lowest BCUT2D eigenvalue weighted by Gasteiger charge is -2.35. The fraction of sp³-hybridized carbons (Fsp3) is 0.143. The molecule has 10 aromatic rings. The lowest BCUT2D eigenvalue weighted by molar-refractivity contribution is 0.639. The molecule has 71 heavy (non-hydrogen) atoms. The first-order valence-corrected chi connectivity index (χ1v) is 25.5. The Morgan fingerprint density at radius 2 is 0.648 bits per heavy atom. The maximum atomic E-state index is 2.71. The van der Waals surface area contributed by atoms with E-state index >= 15 is 0 Å². The van der Waals surface area contributed by atoms with Gasteiger partial charge < -0.3 is 4.90 Å². The van der Waals surface area contributed by atoms with E-state index in [0.29, 0.717) is 0 Å². The van der Waals surface area contributed by atoms with Gasteiger partial charge in [0.25, 0.3) is 0 Å². The third-order valence-corrected chi connectivity index (χ3v) is 17.9. The Morgan fingerprint density at radius 3 is 1.21 bits per heavy atom. The Hall–Kier alpha value is -8.00. The maximum absolute atomic E-state index is 2.71. The number of hydrogen-bond acceptors (Lipinski definition) is 1. The van der Waals surface area contributed by atoms with Crippen LogP contribution in [0.4, 0.5) is 17.1 Å². The summed E-state index contributed by atoms with van der Waals surface area (Å²) >= 11 is 0. The van der Waals surface area contributed by atoms with Gasteiger partial charge in [-0.15, -0.1) is 0 Å². The molecule has 0 radical (unpaired) electrons. The molecular weight excluding hydrogens is 855 g/mol. The van der Waals surface area contributed by atoms with E-state index in [-0.39, 0.29) is 16.2 Å². The van der Waals surface area contributed by atoms with Crippen molar-refractivity contribution in [1.82, 2.24) is 0 Å². The molecule has 0 saturated heterocycles. The van der Waals surface area contributed by atoms with Crippen molar-refractivity contribution >= 4 is 17.1 Å². The van der Waals surface area contributed by atoms with E-state index in [1.165, 1.54) is 134 Å². The van der Waals surface area contributed by atoms with Gasteiger partial charge in [0.15, 0.2) is 0 Å². The zero-order valence-corrected chi connectivity index (χ0v) is 41.2. The fourth-order valence-corrected chi connectivity index (χ4v) is 14.5. The predicted octanol–water partition coefficient (Wildman–Crippen LogP) is 18.1. The molecule has 0 fully saturated rings. The number of hydrogen-bond donors (Lipinski definition) is 0. The molecule has 1 heteroatoms. The summed E-state index contributed by atoms with van der Waals surface area (Å²) in [5.41, 5.74) is 31.8. The van der Waals surface area contributed by atoms with Crippen molar-refractivity contribution in [3.63, 3.8) is 0 Å². The zero-order valence-electron chi connectivity index (χ0n) is 41.2. The van der Waals surface area contributed by atoms with Crippen LogP contribution < -0.4 is 4.90 Å². The summed E-state index contributed by atoms with van der Waals surface area (Å²) in [5, 5.41) is 0. The van der Waals surface area contributed by atoms with Crippen molar-refractivity contribution in [2.24, 2.45) is 0 Å². The summed E-state index contributed by atoms with van der Waals surface area (Å²) in [5.74, 6) is 0. The van der Waals surface area contributed by atoms with Gasteiger partial charge in [-0.1, -0.05) is 224 Å². The second kappa shape index (κ2) is 13.9. The van der Waals surface area contributed by atoms with Gasteiger partial charge in [-0.2, -0.15) is 0 Å². The third kappa shape index (κ3) is 5.06. The van der Waals surface area contributed by atoms with Crippen molar-refractivity contribution in [2.75, 3.05) is 4.90 Å². The molecule has 0 bridgehead atoms. The van der Waals surface area contributed by atoms with Gasteiger partial charge in [0.05, 0.1) is 11.1 Å². The van der Waals surface area contributed by atoms with E-state index in [1.807, 2.05) is 0 Å². The molecule has 338 valence electrons. The summed E-state index contributed by atoms with van der Waals surface area (Å²) in [4.78, 5) is 2.71. The number of fused-ring (bicyclic) bond motifs is 19. The van der Waals surface area contributed by atoms with Gasteiger partial charge >= 0.3 is 0 Å². The van der Waals surface area contributed by atoms with Crippen molar-refractivity contribution in [1.29, 1.82) is 0 Å². The second-order valence-corrected chi connectivity index (χ2v) is 22.3. The monoisotopic (exact) mass is 907 g/mol. The highest BCUT2D eigenvalue weighted by molar-refractivity contribution is 6.07. The average Bonchev–Trinajstić information content (AvgIpc) is 4.09. The molecule has 5 aliphatic carbocycles. The lowest BCUT2D eigenvalue weighted by Crippen LogP contribution is -2.26. The van der Waals surface area contributed by atoms with Gasteiger partial charge in [0.2, 0.25) is 0 Å². The van der Waals surface area contributed by atoms with Crippen molar-refractivity contribution in [3.05, 3.63) is 268 Å². The highest BCUT2D eigenvalue weighted by Gasteiger charge is 2.52. The minimum absolute atomic E-state index is 0.192. The molecule has 0 saturated carbocycles. The van der Waals surface area contributed by atoms with Gasteiger partial charge in [-0.3, -0.25) is 0 Å². The van der Waals surface area contributed by atoms with E-state index in [1.54, 1.807) is 0 Å². The Balaban J connectivity index is 1.09. The minimum Gasteiger partial charge on any atom is -0.309 e. The number of anilines is 3. The molecule has 10 aromatic carbocycles. The number of rotatable bonds is 4. The van der Waals surface area contributed by atoms with Crippen LogP contribution in [0.5, 0.6) is 0 Å². The first kappa shape index (κ1) is 40.8. The predicted molar refractivity (Wildman–Crippen MR) is 296 cm³/mol. The van der Waals surface area contributed by atoms with Gasteiger partial charge in [0, 0.05) is 38.7 Å². The van der Waals surface area contributed by atoms with E-state index < -0.39 is 5.41 Å². The molecule has 0 heterocycles. The molecule has 0 aliphatic heterocycles. The first-order chi connectivity index (χ1) is 34.5. The van der Waals surface area contributed by atoms with E-state index in [4.69, 9.17) is 0 Å². The SMILES string of the molecule is CC1(C)c2ccccc2-c2ccc(N(c3ccc4c(c3)C3(c5ccccc5-c5ccccc53)c3ccccc3-4)c3c4c(cc5c3-c3cc(-c6ccccc6)ccc3C5(C)C)C(C)(C)c3ccccc3-4)cc21. The second-order valence-electron chi connectivity index (χ2n) is 22.3. The van der Waals surface area contributed by atoms with Crippen LogP contribution in [0.2, 0.25) is 0 Å². The Kier molecular flexibility index (Phi) is 7.98. The van der Waals surface area contributed by atoms with Crippen LogP contribution >= 0.6 is 0 Å². The minimum atomic E-state index is -0.489. The van der Waals surface area contributed by atoms with Crippen molar-refractivity contribution in [3.8, 4) is 66.8 Å². The Bertz CT molecular complexity index is 3910. The fourth-order valence-electron chi connectivity index (χ4n) is 14.5. The summed E-state index contributed by atoms with van der Waals surface area (Å²) in [6.07, 6.45) is 0. The van der Waals surface area contributed by atoms with Crippen LogP contribution in [0.15, 0.2) is 212 Å². The molecule has 0 amide bonds. The number of nitrogens with zero attached hydrogens (tertiary/aromatic N) is 1. The van der Waals surface area contributed by atoms with E-state index in [2.05, 4.69) is 259 Å². The molecule has 0 N–H and O–H groups in total. The van der Waals surface area contributed by atoms with Gasteiger partial charge in [0.1, 0.15) is 0 Å². The van der Waals surface area contributed by atoms with E-state index in [9.17, 15) is 0 Å².